The number of ketones is 1. The van der Waals surface area contributed by atoms with Crippen LogP contribution in [0.4, 0.5) is 0 Å². The lowest BCUT2D eigenvalue weighted by Gasteiger charge is -2.04. The summed E-state index contributed by atoms with van der Waals surface area (Å²) in [5.74, 6) is -0.465. The summed E-state index contributed by atoms with van der Waals surface area (Å²) < 4.78 is 5.39. The lowest BCUT2D eigenvalue weighted by molar-refractivity contribution is -0.143. The third-order valence-corrected chi connectivity index (χ3v) is 2.98. The van der Waals surface area contributed by atoms with Crippen LogP contribution in [0.25, 0.3) is 0 Å². The van der Waals surface area contributed by atoms with Crippen molar-refractivity contribution in [3.8, 4) is 0 Å². The zero-order valence-electron chi connectivity index (χ0n) is 9.33. The van der Waals surface area contributed by atoms with E-state index in [9.17, 15) is 9.59 Å². The Hall–Kier alpha value is -0.870. The Kier molecular flexibility index (Phi) is 5.65. The second-order valence-corrected chi connectivity index (χ2v) is 4.64. The summed E-state index contributed by atoms with van der Waals surface area (Å²) >= 11 is 9.04. The van der Waals surface area contributed by atoms with Gasteiger partial charge in [-0.2, -0.15) is 0 Å². The third kappa shape index (κ3) is 4.48. The van der Waals surface area contributed by atoms with E-state index >= 15 is 0 Å². The van der Waals surface area contributed by atoms with Crippen LogP contribution >= 0.6 is 27.5 Å². The van der Waals surface area contributed by atoms with Gasteiger partial charge in [0.15, 0.2) is 5.78 Å². The number of benzene rings is 1. The molecule has 0 amide bonds. The molecule has 1 rings (SSSR count). The van der Waals surface area contributed by atoms with E-state index < -0.39 is 0 Å². The molecule has 0 saturated carbocycles. The molecule has 0 aliphatic rings. The van der Waals surface area contributed by atoms with E-state index in [1.807, 2.05) is 0 Å². The molecule has 0 aliphatic carbocycles. The molecule has 0 fully saturated rings. The molecule has 0 atom stereocenters. The second-order valence-electron chi connectivity index (χ2n) is 3.35. The predicted octanol–water partition coefficient (Wildman–Crippen LogP) is 3.63. The van der Waals surface area contributed by atoms with Crippen LogP contribution in [0.3, 0.4) is 0 Å². The van der Waals surface area contributed by atoms with Gasteiger partial charge >= 0.3 is 5.97 Å². The van der Waals surface area contributed by atoms with Gasteiger partial charge in [-0.15, -0.1) is 0 Å². The highest BCUT2D eigenvalue weighted by atomic mass is 79.9. The molecule has 1 aromatic carbocycles. The number of halogens is 2. The minimum Gasteiger partial charge on any atom is -0.466 e. The van der Waals surface area contributed by atoms with Crippen LogP contribution in [-0.2, 0) is 9.53 Å². The monoisotopic (exact) mass is 318 g/mol. The summed E-state index contributed by atoms with van der Waals surface area (Å²) in [4.78, 5) is 22.9. The second kappa shape index (κ2) is 6.77. The van der Waals surface area contributed by atoms with Crippen molar-refractivity contribution in [2.75, 3.05) is 6.61 Å². The highest BCUT2D eigenvalue weighted by Crippen LogP contribution is 2.23. The van der Waals surface area contributed by atoms with Gasteiger partial charge in [0, 0.05) is 21.5 Å². The first-order valence-electron chi connectivity index (χ1n) is 5.18. The van der Waals surface area contributed by atoms with Crippen LogP contribution in [0.5, 0.6) is 0 Å². The molecule has 0 heterocycles. The fourth-order valence-electron chi connectivity index (χ4n) is 1.30. The molecule has 17 heavy (non-hydrogen) atoms. The van der Waals surface area contributed by atoms with Crippen LogP contribution in [0.1, 0.15) is 30.1 Å². The van der Waals surface area contributed by atoms with Crippen molar-refractivity contribution in [1.82, 2.24) is 0 Å². The van der Waals surface area contributed by atoms with Gasteiger partial charge in [0.05, 0.1) is 13.0 Å². The molecule has 0 radical (unpaired) electrons. The fourth-order valence-corrected chi connectivity index (χ4v) is 2.20. The van der Waals surface area contributed by atoms with Gasteiger partial charge in [-0.3, -0.25) is 9.59 Å². The van der Waals surface area contributed by atoms with Crippen molar-refractivity contribution in [2.24, 2.45) is 0 Å². The van der Waals surface area contributed by atoms with Gasteiger partial charge in [-0.05, 0) is 41.1 Å². The minimum atomic E-state index is -0.356. The maximum absolute atomic E-state index is 11.8. The quantitative estimate of drug-likeness (QED) is 0.615. The van der Waals surface area contributed by atoms with Gasteiger partial charge < -0.3 is 4.74 Å². The molecular weight excluding hydrogens is 307 g/mol. The molecule has 0 saturated heterocycles. The minimum absolute atomic E-state index is 0.0989. The van der Waals surface area contributed by atoms with Crippen molar-refractivity contribution in [2.45, 2.75) is 19.8 Å². The van der Waals surface area contributed by atoms with E-state index in [2.05, 4.69) is 15.9 Å². The van der Waals surface area contributed by atoms with E-state index in [0.29, 0.717) is 21.7 Å². The number of ether oxygens (including phenoxy) is 1. The number of Topliss-reactive ketones (excluding diaryl/α,β-unsaturated/α-hetero) is 1. The molecule has 0 N–H and O–H groups in total. The van der Waals surface area contributed by atoms with Gasteiger partial charge in [0.1, 0.15) is 0 Å². The SMILES string of the molecule is CCOC(=O)CCC(=O)c1ccc(Cl)cc1Br. The molecule has 0 bridgehead atoms. The Balaban J connectivity index is 2.61. The first-order valence-corrected chi connectivity index (χ1v) is 6.35. The molecule has 5 heteroatoms. The van der Waals surface area contributed by atoms with Crippen LogP contribution in [0, 0.1) is 0 Å². The topological polar surface area (TPSA) is 43.4 Å². The lowest BCUT2D eigenvalue weighted by atomic mass is 10.1. The van der Waals surface area contributed by atoms with Crippen molar-refractivity contribution >= 4 is 39.3 Å². The summed E-state index contributed by atoms with van der Waals surface area (Å²) in [6.07, 6.45) is 0.237. The van der Waals surface area contributed by atoms with Crippen molar-refractivity contribution in [3.63, 3.8) is 0 Å². The number of rotatable bonds is 5. The van der Waals surface area contributed by atoms with Crippen molar-refractivity contribution < 1.29 is 14.3 Å². The normalized spacial score (nSPS) is 10.1. The zero-order chi connectivity index (χ0) is 12.8. The van der Waals surface area contributed by atoms with Crippen LogP contribution in [-0.4, -0.2) is 18.4 Å². The Morgan fingerprint density at radius 1 is 1.35 bits per heavy atom. The Morgan fingerprint density at radius 2 is 2.06 bits per heavy atom. The first kappa shape index (κ1) is 14.2. The Bertz CT molecular complexity index is 432. The maximum Gasteiger partial charge on any atom is 0.306 e. The smallest absolute Gasteiger partial charge is 0.306 e. The van der Waals surface area contributed by atoms with Crippen molar-refractivity contribution in [1.29, 1.82) is 0 Å². The van der Waals surface area contributed by atoms with E-state index in [-0.39, 0.29) is 24.6 Å². The zero-order valence-corrected chi connectivity index (χ0v) is 11.7. The van der Waals surface area contributed by atoms with E-state index in [1.165, 1.54) is 0 Å². The number of esters is 1. The summed E-state index contributed by atoms with van der Waals surface area (Å²) in [7, 11) is 0. The third-order valence-electron chi connectivity index (χ3n) is 2.09. The largest absolute Gasteiger partial charge is 0.466 e. The predicted molar refractivity (Wildman–Crippen MR) is 69.3 cm³/mol. The number of carbonyl (C=O) groups is 2. The first-order chi connectivity index (χ1) is 8.04. The number of hydrogen-bond acceptors (Lipinski definition) is 3. The standard InChI is InChI=1S/C12H12BrClO3/c1-2-17-12(16)6-5-11(15)9-4-3-8(14)7-10(9)13/h3-4,7H,2,5-6H2,1H3. The van der Waals surface area contributed by atoms with Gasteiger partial charge in [0.25, 0.3) is 0 Å². The van der Waals surface area contributed by atoms with E-state index in [1.54, 1.807) is 25.1 Å². The number of hydrogen-bond donors (Lipinski definition) is 0. The van der Waals surface area contributed by atoms with Gasteiger partial charge in [-0.25, -0.2) is 0 Å². The fraction of sp³-hybridized carbons (Fsp3) is 0.333. The molecule has 0 aromatic heterocycles. The van der Waals surface area contributed by atoms with E-state index in [0.717, 1.165) is 0 Å². The van der Waals surface area contributed by atoms with Gasteiger partial charge in [-0.1, -0.05) is 11.6 Å². The lowest BCUT2D eigenvalue weighted by Crippen LogP contribution is -2.08. The molecule has 0 spiro atoms. The highest BCUT2D eigenvalue weighted by Gasteiger charge is 2.12. The summed E-state index contributed by atoms with van der Waals surface area (Å²) in [6.45, 7) is 2.06. The number of carbonyl (C=O) groups excluding carboxylic acids is 2. The van der Waals surface area contributed by atoms with Gasteiger partial charge in [0.2, 0.25) is 0 Å². The van der Waals surface area contributed by atoms with E-state index in [4.69, 9.17) is 16.3 Å². The highest BCUT2D eigenvalue weighted by molar-refractivity contribution is 9.10. The van der Waals surface area contributed by atoms with Crippen LogP contribution in [0.2, 0.25) is 5.02 Å². The summed E-state index contributed by atoms with van der Waals surface area (Å²) in [5, 5.41) is 0.554. The van der Waals surface area contributed by atoms with Crippen molar-refractivity contribution in [3.05, 3.63) is 33.3 Å². The molecule has 3 nitrogen and oxygen atoms in total. The Morgan fingerprint density at radius 3 is 2.65 bits per heavy atom. The molecule has 1 aromatic rings. The average molecular weight is 320 g/mol. The maximum atomic E-state index is 11.8. The molecule has 0 aliphatic heterocycles. The summed E-state index contributed by atoms with van der Waals surface area (Å²) in [6, 6.07) is 4.93. The van der Waals surface area contributed by atoms with Crippen LogP contribution in [0.15, 0.2) is 22.7 Å². The van der Waals surface area contributed by atoms with Crippen LogP contribution < -0.4 is 0 Å². The molecule has 0 unspecified atom stereocenters. The Labute approximate surface area is 113 Å². The average Bonchev–Trinajstić information content (AvgIpc) is 2.26. The molecular formula is C12H12BrClO3. The summed E-state index contributed by atoms with van der Waals surface area (Å²) in [5.41, 5.74) is 0.527. The molecule has 92 valence electrons.